The van der Waals surface area contributed by atoms with E-state index in [2.05, 4.69) is 14.1 Å². The van der Waals surface area contributed by atoms with Crippen molar-refractivity contribution in [2.24, 2.45) is 5.73 Å². The van der Waals surface area contributed by atoms with Crippen molar-refractivity contribution in [1.82, 2.24) is 0 Å². The Labute approximate surface area is 64.4 Å². The molecule has 0 aromatic carbocycles. The van der Waals surface area contributed by atoms with Crippen LogP contribution in [0.3, 0.4) is 0 Å². The van der Waals surface area contributed by atoms with Gasteiger partial charge in [-0.05, 0) is 25.8 Å². The minimum atomic E-state index is 0.856. The predicted molar refractivity (Wildman–Crippen MR) is 45.2 cm³/mol. The summed E-state index contributed by atoms with van der Waals surface area (Å²) in [5.74, 6) is 0. The van der Waals surface area contributed by atoms with Gasteiger partial charge in [0.05, 0.1) is 20.6 Å². The predicted octanol–water partition coefficient (Wildman–Crippen LogP) is -0.350. The van der Waals surface area contributed by atoms with Crippen LogP contribution >= 0.6 is 0 Å². The van der Waals surface area contributed by atoms with Gasteiger partial charge in [0.2, 0.25) is 0 Å². The van der Waals surface area contributed by atoms with E-state index in [9.17, 15) is 0 Å². The van der Waals surface area contributed by atoms with Crippen molar-refractivity contribution in [2.45, 2.75) is 25.7 Å². The average molecular weight is 145 g/mol. The highest BCUT2D eigenvalue weighted by atomic mass is 15.0. The van der Waals surface area contributed by atoms with Crippen LogP contribution in [0.15, 0.2) is 0 Å². The van der Waals surface area contributed by atoms with Gasteiger partial charge in [-0.3, -0.25) is 0 Å². The van der Waals surface area contributed by atoms with Crippen LogP contribution < -0.4 is 10.6 Å². The largest absolute Gasteiger partial charge is 0.340 e. The van der Waals surface area contributed by atoms with Gasteiger partial charge in [-0.2, -0.15) is 0 Å². The molecule has 0 bridgehead atoms. The maximum atomic E-state index is 5.37. The average Bonchev–Trinajstić information content (AvgIpc) is 1.87. The molecule has 0 saturated carbocycles. The summed E-state index contributed by atoms with van der Waals surface area (Å²) in [7, 11) is 4.39. The Bertz CT molecular complexity index is 62.3. The molecule has 0 amide bonds. The Morgan fingerprint density at radius 1 is 1.00 bits per heavy atom. The van der Waals surface area contributed by atoms with Crippen molar-refractivity contribution in [3.63, 3.8) is 0 Å². The molecule has 0 atom stereocenters. The van der Waals surface area contributed by atoms with E-state index < -0.39 is 0 Å². The number of hydrogen-bond donors (Lipinski definition) is 2. The van der Waals surface area contributed by atoms with Gasteiger partial charge in [-0.25, -0.2) is 0 Å². The van der Waals surface area contributed by atoms with Crippen molar-refractivity contribution in [3.05, 3.63) is 0 Å². The van der Waals surface area contributed by atoms with Crippen LogP contribution in [0.25, 0.3) is 0 Å². The summed E-state index contributed by atoms with van der Waals surface area (Å²) in [6.45, 7) is 2.15. The van der Waals surface area contributed by atoms with Crippen LogP contribution in [-0.2, 0) is 0 Å². The molecule has 2 heteroatoms. The first-order valence-corrected chi connectivity index (χ1v) is 4.26. The molecule has 3 N–H and O–H groups in total. The van der Waals surface area contributed by atoms with Crippen molar-refractivity contribution < 1.29 is 4.90 Å². The Balaban J connectivity index is 2.77. The van der Waals surface area contributed by atoms with Gasteiger partial charge in [0.15, 0.2) is 0 Å². The summed E-state index contributed by atoms with van der Waals surface area (Å²) in [5, 5.41) is 0. The zero-order valence-corrected chi connectivity index (χ0v) is 7.32. The highest BCUT2D eigenvalue weighted by molar-refractivity contribution is 4.41. The van der Waals surface area contributed by atoms with Crippen molar-refractivity contribution >= 4 is 0 Å². The molecule has 62 valence electrons. The van der Waals surface area contributed by atoms with Gasteiger partial charge in [0, 0.05) is 0 Å². The summed E-state index contributed by atoms with van der Waals surface area (Å²) in [5.41, 5.74) is 5.37. The first-order chi connectivity index (χ1) is 4.77. The van der Waals surface area contributed by atoms with Gasteiger partial charge in [0.1, 0.15) is 0 Å². The molecule has 0 rings (SSSR count). The molecule has 2 nitrogen and oxygen atoms in total. The summed E-state index contributed by atoms with van der Waals surface area (Å²) < 4.78 is 0. The molecule has 0 aliphatic carbocycles. The highest BCUT2D eigenvalue weighted by Gasteiger charge is 1.92. The Hall–Kier alpha value is -0.0800. The second kappa shape index (κ2) is 7.03. The van der Waals surface area contributed by atoms with E-state index in [0.717, 1.165) is 6.54 Å². The van der Waals surface area contributed by atoms with Crippen LogP contribution in [-0.4, -0.2) is 27.2 Å². The van der Waals surface area contributed by atoms with E-state index in [-0.39, 0.29) is 0 Å². The van der Waals surface area contributed by atoms with Crippen LogP contribution in [0.2, 0.25) is 0 Å². The zero-order chi connectivity index (χ0) is 7.82. The van der Waals surface area contributed by atoms with E-state index in [0.29, 0.717) is 0 Å². The molecule has 0 aromatic heterocycles. The van der Waals surface area contributed by atoms with E-state index in [1.165, 1.54) is 32.2 Å². The molecule has 0 spiro atoms. The second-order valence-electron chi connectivity index (χ2n) is 3.16. The standard InChI is InChI=1S/C8H20N2/c1-10(2)8-6-4-3-5-7-9/h3-9H2,1-2H3/p+1. The maximum Gasteiger partial charge on any atom is 0.0766 e. The number of nitrogens with one attached hydrogen (secondary N) is 1. The third-order valence-corrected chi connectivity index (χ3v) is 1.63. The van der Waals surface area contributed by atoms with Crippen LogP contribution in [0, 0.1) is 0 Å². The van der Waals surface area contributed by atoms with Gasteiger partial charge in [0.25, 0.3) is 0 Å². The first kappa shape index (κ1) is 9.92. The monoisotopic (exact) mass is 145 g/mol. The molecule has 0 aliphatic rings. The number of unbranched alkanes of at least 4 members (excludes halogenated alkanes) is 3. The lowest BCUT2D eigenvalue weighted by atomic mass is 10.2. The normalized spacial score (nSPS) is 10.8. The summed E-state index contributed by atoms with van der Waals surface area (Å²) in [6, 6.07) is 0. The lowest BCUT2D eigenvalue weighted by Gasteiger charge is -2.05. The summed E-state index contributed by atoms with van der Waals surface area (Å²) in [6.07, 6.45) is 5.21. The smallest absolute Gasteiger partial charge is 0.0766 e. The fourth-order valence-electron chi connectivity index (χ4n) is 0.976. The second-order valence-corrected chi connectivity index (χ2v) is 3.16. The topological polar surface area (TPSA) is 30.5 Å². The van der Waals surface area contributed by atoms with Crippen LogP contribution in [0.1, 0.15) is 25.7 Å². The quantitative estimate of drug-likeness (QED) is 0.492. The SMILES string of the molecule is C[NH+](C)CCCCCCN. The molecule has 0 saturated heterocycles. The lowest BCUT2D eigenvalue weighted by Crippen LogP contribution is -3.05. The third-order valence-electron chi connectivity index (χ3n) is 1.63. The molecule has 0 aromatic rings. The molecule has 10 heavy (non-hydrogen) atoms. The molecular formula is C8H21N2+. The van der Waals surface area contributed by atoms with Crippen molar-refractivity contribution in [1.29, 1.82) is 0 Å². The highest BCUT2D eigenvalue weighted by Crippen LogP contribution is 1.95. The van der Waals surface area contributed by atoms with Crippen molar-refractivity contribution in [2.75, 3.05) is 27.2 Å². The molecule has 0 fully saturated rings. The molecule has 0 heterocycles. The van der Waals surface area contributed by atoms with E-state index in [4.69, 9.17) is 5.73 Å². The minimum absolute atomic E-state index is 0.856. The number of rotatable bonds is 6. The molecular weight excluding hydrogens is 124 g/mol. The molecule has 0 radical (unpaired) electrons. The fraction of sp³-hybridized carbons (Fsp3) is 1.00. The van der Waals surface area contributed by atoms with Gasteiger partial charge in [-0.1, -0.05) is 6.42 Å². The van der Waals surface area contributed by atoms with Crippen LogP contribution in [0.5, 0.6) is 0 Å². The lowest BCUT2D eigenvalue weighted by molar-refractivity contribution is -0.858. The first-order valence-electron chi connectivity index (χ1n) is 4.26. The summed E-state index contributed by atoms with van der Waals surface area (Å²) >= 11 is 0. The fourth-order valence-corrected chi connectivity index (χ4v) is 0.976. The van der Waals surface area contributed by atoms with Gasteiger partial charge < -0.3 is 10.6 Å². The van der Waals surface area contributed by atoms with E-state index in [1.807, 2.05) is 0 Å². The van der Waals surface area contributed by atoms with E-state index >= 15 is 0 Å². The maximum absolute atomic E-state index is 5.37. The van der Waals surface area contributed by atoms with Crippen molar-refractivity contribution in [3.8, 4) is 0 Å². The zero-order valence-electron chi connectivity index (χ0n) is 7.32. The summed E-state index contributed by atoms with van der Waals surface area (Å²) in [4.78, 5) is 1.55. The molecule has 0 aliphatic heterocycles. The Morgan fingerprint density at radius 2 is 1.60 bits per heavy atom. The van der Waals surface area contributed by atoms with E-state index in [1.54, 1.807) is 4.90 Å². The Kier molecular flexibility index (Phi) is 6.98. The number of nitrogens with two attached hydrogens (primary N) is 1. The van der Waals surface area contributed by atoms with Gasteiger partial charge >= 0.3 is 0 Å². The third kappa shape index (κ3) is 7.92. The Morgan fingerprint density at radius 3 is 2.10 bits per heavy atom. The van der Waals surface area contributed by atoms with Crippen LogP contribution in [0.4, 0.5) is 0 Å². The minimum Gasteiger partial charge on any atom is -0.340 e. The molecule has 0 unspecified atom stereocenters. The number of hydrogen-bond acceptors (Lipinski definition) is 1. The number of quaternary nitrogens is 1. The van der Waals surface area contributed by atoms with Gasteiger partial charge in [-0.15, -0.1) is 0 Å².